The van der Waals surface area contributed by atoms with Crippen molar-refractivity contribution in [3.8, 4) is 0 Å². The Labute approximate surface area is 158 Å². The van der Waals surface area contributed by atoms with Crippen LogP contribution in [0.2, 0.25) is 0 Å². The molecule has 0 saturated carbocycles. The molecule has 0 radical (unpaired) electrons. The average molecular weight is 390 g/mol. The molecule has 2 aromatic rings. The molecule has 2 atom stereocenters. The van der Waals surface area contributed by atoms with Crippen molar-refractivity contribution in [3.63, 3.8) is 0 Å². The van der Waals surface area contributed by atoms with E-state index < -0.39 is 22.7 Å². The number of rotatable bonds is 4. The molecule has 1 unspecified atom stereocenters. The molecule has 1 aromatic heterocycles. The van der Waals surface area contributed by atoms with Gasteiger partial charge in [0.1, 0.15) is 11.9 Å². The van der Waals surface area contributed by atoms with Crippen molar-refractivity contribution in [2.45, 2.75) is 26.0 Å². The summed E-state index contributed by atoms with van der Waals surface area (Å²) in [7, 11) is -0.852. The standard InChI is InChI=1S/C18H19FN4O3S/c1-12-9-22(21-20-12)10-15-11-23(18(24)26-15)14-2-3-16(17(19)8-14)13-4-6-27(25)7-5-13/h2-4,8-9,15H,5-7,10-11H2,1H3/t15-,27?/m0/s1. The number of allylic oxidation sites excluding steroid dienone is 1. The Morgan fingerprint density at radius 3 is 2.93 bits per heavy atom. The third kappa shape index (κ3) is 3.78. The Bertz CT molecular complexity index is 942. The van der Waals surface area contributed by atoms with Crippen molar-refractivity contribution in [2.24, 2.45) is 0 Å². The first-order chi connectivity index (χ1) is 13.0. The Kier molecular flexibility index (Phi) is 4.77. The molecule has 27 heavy (non-hydrogen) atoms. The van der Waals surface area contributed by atoms with E-state index in [0.717, 1.165) is 11.3 Å². The van der Waals surface area contributed by atoms with E-state index in [4.69, 9.17) is 4.74 Å². The molecule has 142 valence electrons. The number of amides is 1. The maximum atomic E-state index is 14.6. The van der Waals surface area contributed by atoms with Crippen LogP contribution in [0.25, 0.3) is 5.57 Å². The molecule has 2 aliphatic rings. The molecule has 1 amide bonds. The predicted octanol–water partition coefficient (Wildman–Crippen LogP) is 2.29. The lowest BCUT2D eigenvalue weighted by Crippen LogP contribution is -2.26. The highest BCUT2D eigenvalue weighted by molar-refractivity contribution is 7.85. The van der Waals surface area contributed by atoms with Crippen molar-refractivity contribution >= 4 is 28.2 Å². The van der Waals surface area contributed by atoms with Gasteiger partial charge in [-0.05, 0) is 37.1 Å². The Morgan fingerprint density at radius 1 is 1.41 bits per heavy atom. The molecule has 0 aliphatic carbocycles. The Balaban J connectivity index is 1.49. The van der Waals surface area contributed by atoms with Crippen LogP contribution >= 0.6 is 0 Å². The van der Waals surface area contributed by atoms with Crippen molar-refractivity contribution in [1.82, 2.24) is 15.0 Å². The van der Waals surface area contributed by atoms with Gasteiger partial charge in [-0.3, -0.25) is 9.11 Å². The topological polar surface area (TPSA) is 77.3 Å². The van der Waals surface area contributed by atoms with Gasteiger partial charge >= 0.3 is 6.09 Å². The molecule has 1 aromatic carbocycles. The second kappa shape index (κ2) is 7.22. The lowest BCUT2D eigenvalue weighted by atomic mass is 10.0. The molecule has 0 bridgehead atoms. The van der Waals surface area contributed by atoms with Crippen LogP contribution in [-0.2, 0) is 22.1 Å². The summed E-state index contributed by atoms with van der Waals surface area (Å²) >= 11 is 0. The largest absolute Gasteiger partial charge is 0.442 e. The van der Waals surface area contributed by atoms with Gasteiger partial charge in [-0.2, -0.15) is 0 Å². The fourth-order valence-electron chi connectivity index (χ4n) is 3.30. The van der Waals surface area contributed by atoms with Gasteiger partial charge in [-0.25, -0.2) is 13.9 Å². The molecule has 1 saturated heterocycles. The van der Waals surface area contributed by atoms with Gasteiger partial charge in [-0.15, -0.1) is 5.10 Å². The highest BCUT2D eigenvalue weighted by Gasteiger charge is 2.33. The number of hydrogen-bond acceptors (Lipinski definition) is 5. The molecule has 3 heterocycles. The van der Waals surface area contributed by atoms with E-state index in [1.807, 2.05) is 13.0 Å². The zero-order valence-corrected chi connectivity index (χ0v) is 15.6. The minimum atomic E-state index is -0.852. The van der Waals surface area contributed by atoms with Crippen LogP contribution in [0.1, 0.15) is 17.7 Å². The van der Waals surface area contributed by atoms with Crippen LogP contribution in [0, 0.1) is 12.7 Å². The number of halogens is 1. The highest BCUT2D eigenvalue weighted by atomic mass is 32.2. The van der Waals surface area contributed by atoms with Gasteiger partial charge in [0.05, 0.1) is 24.5 Å². The molecule has 1 fully saturated rings. The SMILES string of the molecule is Cc1cn(C[C@H]2CN(c3ccc(C4=CCS(=O)CC4)c(F)c3)C(=O)O2)nn1. The highest BCUT2D eigenvalue weighted by Crippen LogP contribution is 2.29. The lowest BCUT2D eigenvalue weighted by molar-refractivity contribution is 0.129. The van der Waals surface area contributed by atoms with Crippen LogP contribution in [-0.4, -0.2) is 49.5 Å². The predicted molar refractivity (Wildman–Crippen MR) is 99.2 cm³/mol. The molecule has 9 heteroatoms. The first kappa shape index (κ1) is 17.8. The van der Waals surface area contributed by atoms with Crippen molar-refractivity contribution in [2.75, 3.05) is 23.0 Å². The minimum absolute atomic E-state index is 0.318. The summed E-state index contributed by atoms with van der Waals surface area (Å²) in [5, 5.41) is 7.86. The summed E-state index contributed by atoms with van der Waals surface area (Å²) in [5.74, 6) is 0.613. The minimum Gasteiger partial charge on any atom is -0.442 e. The van der Waals surface area contributed by atoms with Crippen molar-refractivity contribution < 1.29 is 18.1 Å². The lowest BCUT2D eigenvalue weighted by Gasteiger charge is -2.17. The second-order valence-electron chi connectivity index (χ2n) is 6.65. The number of benzene rings is 1. The van der Waals surface area contributed by atoms with Crippen LogP contribution in [0.4, 0.5) is 14.9 Å². The van der Waals surface area contributed by atoms with Gasteiger partial charge in [0.2, 0.25) is 0 Å². The third-order valence-corrected chi connectivity index (χ3v) is 5.84. The van der Waals surface area contributed by atoms with E-state index in [0.29, 0.717) is 42.3 Å². The normalized spacial score (nSPS) is 22.7. The summed E-state index contributed by atoms with van der Waals surface area (Å²) in [6.45, 7) is 2.55. The van der Waals surface area contributed by atoms with E-state index in [9.17, 15) is 13.4 Å². The van der Waals surface area contributed by atoms with E-state index in [1.165, 1.54) is 11.0 Å². The second-order valence-corrected chi connectivity index (χ2v) is 8.27. The Hall–Kier alpha value is -2.55. The zero-order valence-electron chi connectivity index (χ0n) is 14.8. The number of anilines is 1. The van der Waals surface area contributed by atoms with E-state index >= 15 is 0 Å². The molecular formula is C18H19FN4O3S. The summed E-state index contributed by atoms with van der Waals surface area (Å²) < 4.78 is 33.1. The molecule has 2 aliphatic heterocycles. The maximum absolute atomic E-state index is 14.6. The van der Waals surface area contributed by atoms with E-state index in [2.05, 4.69) is 10.3 Å². The molecule has 4 rings (SSSR count). The van der Waals surface area contributed by atoms with E-state index in [-0.39, 0.29) is 6.10 Å². The third-order valence-electron chi connectivity index (χ3n) is 4.64. The number of aromatic nitrogens is 3. The summed E-state index contributed by atoms with van der Waals surface area (Å²) in [5.41, 5.74) is 2.60. The maximum Gasteiger partial charge on any atom is 0.414 e. The van der Waals surface area contributed by atoms with Crippen LogP contribution in [0.5, 0.6) is 0 Å². The summed E-state index contributed by atoms with van der Waals surface area (Å²) in [6, 6.07) is 4.74. The van der Waals surface area contributed by atoms with Gasteiger partial charge in [-0.1, -0.05) is 11.3 Å². The first-order valence-electron chi connectivity index (χ1n) is 8.68. The van der Waals surface area contributed by atoms with E-state index in [1.54, 1.807) is 23.0 Å². The van der Waals surface area contributed by atoms with Crippen LogP contribution in [0.15, 0.2) is 30.5 Å². The zero-order chi connectivity index (χ0) is 19.0. The average Bonchev–Trinajstić information content (AvgIpc) is 3.21. The quantitative estimate of drug-likeness (QED) is 0.801. The number of hydrogen-bond donors (Lipinski definition) is 0. The number of ether oxygens (including phenoxy) is 1. The number of carbonyl (C=O) groups excluding carboxylic acids is 1. The summed E-state index contributed by atoms with van der Waals surface area (Å²) in [6.07, 6.45) is 3.32. The van der Waals surface area contributed by atoms with Gasteiger partial charge in [0.25, 0.3) is 0 Å². The number of nitrogens with zero attached hydrogens (tertiary/aromatic N) is 4. The fourth-order valence-corrected chi connectivity index (χ4v) is 4.30. The van der Waals surface area contributed by atoms with Gasteiger partial charge in [0, 0.05) is 34.1 Å². The first-order valence-corrected chi connectivity index (χ1v) is 10.2. The summed E-state index contributed by atoms with van der Waals surface area (Å²) in [4.78, 5) is 13.6. The molecular weight excluding hydrogens is 371 g/mol. The Morgan fingerprint density at radius 2 is 2.26 bits per heavy atom. The van der Waals surface area contributed by atoms with Crippen molar-refractivity contribution in [1.29, 1.82) is 0 Å². The smallest absolute Gasteiger partial charge is 0.414 e. The molecule has 7 nitrogen and oxygen atoms in total. The van der Waals surface area contributed by atoms with Gasteiger partial charge in [0.15, 0.2) is 0 Å². The fraction of sp³-hybridized carbons (Fsp3) is 0.389. The monoisotopic (exact) mass is 390 g/mol. The molecule has 0 N–H and O–H groups in total. The van der Waals surface area contributed by atoms with Crippen molar-refractivity contribution in [3.05, 3.63) is 47.5 Å². The molecule has 0 spiro atoms. The number of cyclic esters (lactones) is 1. The van der Waals surface area contributed by atoms with Gasteiger partial charge < -0.3 is 4.74 Å². The number of carbonyl (C=O) groups is 1. The number of aryl methyl sites for hydroxylation is 1. The van der Waals surface area contributed by atoms with Crippen LogP contribution in [0.3, 0.4) is 0 Å². The van der Waals surface area contributed by atoms with Crippen LogP contribution < -0.4 is 4.90 Å².